The van der Waals surface area contributed by atoms with Crippen molar-refractivity contribution in [2.24, 2.45) is 0 Å². The number of ether oxygens (including phenoxy) is 1. The number of hydrogen-bond donors (Lipinski definition) is 0. The van der Waals surface area contributed by atoms with Crippen LogP contribution in [-0.4, -0.2) is 11.6 Å². The number of hydrogen-bond acceptors (Lipinski definition) is 2. The van der Waals surface area contributed by atoms with Crippen molar-refractivity contribution in [1.29, 1.82) is 0 Å². The summed E-state index contributed by atoms with van der Waals surface area (Å²) in [5.74, 6) is 0.0602. The van der Waals surface area contributed by atoms with Gasteiger partial charge in [0.25, 0.3) is 0 Å². The molecule has 1 aromatic rings. The van der Waals surface area contributed by atoms with Crippen molar-refractivity contribution in [1.82, 2.24) is 4.98 Å². The third-order valence-corrected chi connectivity index (χ3v) is 1.76. The molecule has 0 spiro atoms. The lowest BCUT2D eigenvalue weighted by Gasteiger charge is -2.05. The molecule has 1 heterocycles. The van der Waals surface area contributed by atoms with Crippen LogP contribution in [0.15, 0.2) is 16.9 Å². The maximum absolute atomic E-state index is 11.8. The fourth-order valence-electron chi connectivity index (χ4n) is 0.704. The smallest absolute Gasteiger partial charge is 0.387 e. The molecule has 0 aliphatic rings. The van der Waals surface area contributed by atoms with Gasteiger partial charge in [0.15, 0.2) is 5.75 Å². The third kappa shape index (κ3) is 2.41. The molecule has 0 bridgehead atoms. The Kier molecular flexibility index (Phi) is 2.97. The van der Waals surface area contributed by atoms with Crippen LogP contribution in [0.5, 0.6) is 5.75 Å². The lowest BCUT2D eigenvalue weighted by molar-refractivity contribution is -0.0506. The monoisotopic (exact) mass is 237 g/mol. The molecular weight excluding hydrogens is 232 g/mol. The number of pyridine rings is 1. The van der Waals surface area contributed by atoms with Gasteiger partial charge in [0, 0.05) is 6.20 Å². The molecule has 0 N–H and O–H groups in total. The van der Waals surface area contributed by atoms with Gasteiger partial charge in [0.05, 0.1) is 0 Å². The lowest BCUT2D eigenvalue weighted by atomic mass is 10.3. The van der Waals surface area contributed by atoms with Crippen LogP contribution in [0.1, 0.15) is 5.56 Å². The van der Waals surface area contributed by atoms with Gasteiger partial charge >= 0.3 is 6.61 Å². The minimum Gasteiger partial charge on any atom is -0.432 e. The number of aryl methyl sites for hydroxylation is 1. The molecule has 0 radical (unpaired) electrons. The zero-order valence-corrected chi connectivity index (χ0v) is 7.81. The molecule has 2 nitrogen and oxygen atoms in total. The normalized spacial score (nSPS) is 10.4. The molecular formula is C7H6BrF2NO. The highest BCUT2D eigenvalue weighted by molar-refractivity contribution is 9.10. The zero-order valence-electron chi connectivity index (χ0n) is 6.22. The van der Waals surface area contributed by atoms with E-state index >= 15 is 0 Å². The van der Waals surface area contributed by atoms with E-state index in [-0.39, 0.29) is 10.4 Å². The van der Waals surface area contributed by atoms with Crippen LogP contribution < -0.4 is 4.74 Å². The Morgan fingerprint density at radius 3 is 2.83 bits per heavy atom. The molecule has 5 heteroatoms. The van der Waals surface area contributed by atoms with E-state index in [0.29, 0.717) is 0 Å². The minimum absolute atomic E-state index is 0.0602. The van der Waals surface area contributed by atoms with Crippen LogP contribution in [0, 0.1) is 6.92 Å². The fraction of sp³-hybridized carbons (Fsp3) is 0.286. The number of halogens is 3. The molecule has 1 aromatic heterocycles. The topological polar surface area (TPSA) is 22.1 Å². The Hall–Kier alpha value is -0.710. The van der Waals surface area contributed by atoms with Gasteiger partial charge in [-0.1, -0.05) is 0 Å². The zero-order chi connectivity index (χ0) is 9.14. The van der Waals surface area contributed by atoms with Gasteiger partial charge in [-0.25, -0.2) is 4.98 Å². The van der Waals surface area contributed by atoms with Gasteiger partial charge in [-0.2, -0.15) is 8.78 Å². The molecule has 0 atom stereocenters. The maximum atomic E-state index is 11.8. The molecule has 1 rings (SSSR count). The van der Waals surface area contributed by atoms with Gasteiger partial charge in [0.1, 0.15) is 4.60 Å². The molecule has 0 saturated carbocycles. The van der Waals surface area contributed by atoms with E-state index in [2.05, 4.69) is 25.7 Å². The Balaban J connectivity index is 2.90. The van der Waals surface area contributed by atoms with E-state index in [0.717, 1.165) is 5.56 Å². The average molecular weight is 238 g/mol. The van der Waals surface area contributed by atoms with E-state index in [9.17, 15) is 8.78 Å². The van der Waals surface area contributed by atoms with Gasteiger partial charge < -0.3 is 4.74 Å². The molecule has 0 aliphatic carbocycles. The summed E-state index contributed by atoms with van der Waals surface area (Å²) in [6.45, 7) is -1.07. The first kappa shape index (κ1) is 9.38. The second kappa shape index (κ2) is 3.80. The third-order valence-electron chi connectivity index (χ3n) is 1.16. The largest absolute Gasteiger partial charge is 0.432 e. The van der Waals surface area contributed by atoms with E-state index < -0.39 is 6.61 Å². The van der Waals surface area contributed by atoms with Gasteiger partial charge in [-0.3, -0.25) is 0 Å². The van der Waals surface area contributed by atoms with Crippen molar-refractivity contribution in [2.45, 2.75) is 13.5 Å². The van der Waals surface area contributed by atoms with Crippen LogP contribution in [0.4, 0.5) is 8.78 Å². The van der Waals surface area contributed by atoms with E-state index in [1.165, 1.54) is 6.07 Å². The van der Waals surface area contributed by atoms with Crippen LogP contribution >= 0.6 is 15.9 Å². The van der Waals surface area contributed by atoms with Crippen molar-refractivity contribution < 1.29 is 13.5 Å². The lowest BCUT2D eigenvalue weighted by Crippen LogP contribution is -2.03. The second-order valence-electron chi connectivity index (χ2n) is 2.18. The molecule has 66 valence electrons. The minimum atomic E-state index is -2.81. The SMILES string of the molecule is Cc1cnc(Br)c(OC(F)F)c1. The van der Waals surface area contributed by atoms with Crippen molar-refractivity contribution in [3.05, 3.63) is 22.4 Å². The van der Waals surface area contributed by atoms with Crippen molar-refractivity contribution in [3.63, 3.8) is 0 Å². The summed E-state index contributed by atoms with van der Waals surface area (Å²) < 4.78 is 28.0. The number of nitrogens with zero attached hydrogens (tertiary/aromatic N) is 1. The molecule has 0 saturated heterocycles. The predicted octanol–water partition coefficient (Wildman–Crippen LogP) is 2.75. The highest BCUT2D eigenvalue weighted by Crippen LogP contribution is 2.24. The van der Waals surface area contributed by atoms with Gasteiger partial charge in [-0.15, -0.1) is 0 Å². The van der Waals surface area contributed by atoms with Crippen LogP contribution in [0.2, 0.25) is 0 Å². The van der Waals surface area contributed by atoms with Crippen LogP contribution in [0.3, 0.4) is 0 Å². The van der Waals surface area contributed by atoms with Crippen LogP contribution in [-0.2, 0) is 0 Å². The first-order chi connectivity index (χ1) is 5.59. The average Bonchev–Trinajstić information content (AvgIpc) is 1.96. The summed E-state index contributed by atoms with van der Waals surface area (Å²) in [4.78, 5) is 3.79. The van der Waals surface area contributed by atoms with Crippen molar-refractivity contribution in [3.8, 4) is 5.75 Å². The first-order valence-corrected chi connectivity index (χ1v) is 3.96. The molecule has 0 aromatic carbocycles. The van der Waals surface area contributed by atoms with E-state index in [1.54, 1.807) is 13.1 Å². The van der Waals surface area contributed by atoms with E-state index in [4.69, 9.17) is 0 Å². The molecule has 0 unspecified atom stereocenters. The predicted molar refractivity (Wildman–Crippen MR) is 43.3 cm³/mol. The summed E-state index contributed by atoms with van der Waals surface area (Å²) in [6.07, 6.45) is 1.56. The second-order valence-corrected chi connectivity index (χ2v) is 2.93. The van der Waals surface area contributed by atoms with E-state index in [1.807, 2.05) is 0 Å². The Morgan fingerprint density at radius 1 is 1.58 bits per heavy atom. The molecule has 0 aliphatic heterocycles. The summed E-state index contributed by atoms with van der Waals surface area (Å²) in [5.41, 5.74) is 0.772. The fourth-order valence-corrected chi connectivity index (χ4v) is 1.01. The Morgan fingerprint density at radius 2 is 2.25 bits per heavy atom. The quantitative estimate of drug-likeness (QED) is 0.739. The Bertz CT molecular complexity index is 280. The van der Waals surface area contributed by atoms with Crippen LogP contribution in [0.25, 0.3) is 0 Å². The Labute approximate surface area is 76.7 Å². The van der Waals surface area contributed by atoms with Gasteiger partial charge in [-0.05, 0) is 34.5 Å². The molecule has 12 heavy (non-hydrogen) atoms. The molecule has 0 fully saturated rings. The summed E-state index contributed by atoms with van der Waals surface area (Å²) in [7, 11) is 0. The number of alkyl halides is 2. The number of aromatic nitrogens is 1. The number of rotatable bonds is 2. The maximum Gasteiger partial charge on any atom is 0.387 e. The molecule has 0 amide bonds. The summed E-state index contributed by atoms with van der Waals surface area (Å²) in [6, 6.07) is 1.49. The highest BCUT2D eigenvalue weighted by atomic mass is 79.9. The summed E-state index contributed by atoms with van der Waals surface area (Å²) >= 11 is 2.99. The van der Waals surface area contributed by atoms with Crippen molar-refractivity contribution in [2.75, 3.05) is 0 Å². The highest BCUT2D eigenvalue weighted by Gasteiger charge is 2.08. The van der Waals surface area contributed by atoms with Gasteiger partial charge in [0.2, 0.25) is 0 Å². The standard InChI is InChI=1S/C7H6BrF2NO/c1-4-2-5(12-7(9)10)6(8)11-3-4/h2-3,7H,1H3. The first-order valence-electron chi connectivity index (χ1n) is 3.16. The summed E-state index contributed by atoms with van der Waals surface area (Å²) in [5, 5.41) is 0. The van der Waals surface area contributed by atoms with Crippen molar-refractivity contribution >= 4 is 15.9 Å².